The Morgan fingerprint density at radius 3 is 2.52 bits per heavy atom. The van der Waals surface area contributed by atoms with Crippen LogP contribution < -0.4 is 15.2 Å². The summed E-state index contributed by atoms with van der Waals surface area (Å²) < 4.78 is 32.6. The van der Waals surface area contributed by atoms with Crippen LogP contribution in [0.4, 0.5) is 5.69 Å². The van der Waals surface area contributed by atoms with Crippen LogP contribution in [0.25, 0.3) is 0 Å². The van der Waals surface area contributed by atoms with E-state index in [4.69, 9.17) is 10.5 Å². The molecule has 0 bridgehead atoms. The number of nitrogens with two attached hydrogens (primary N) is 1. The van der Waals surface area contributed by atoms with Crippen LogP contribution in [0.5, 0.6) is 5.75 Å². The number of ether oxygens (including phenoxy) is 1. The Balaban J connectivity index is 2.29. The Hall–Kier alpha value is -2.05. The number of nitrogens with one attached hydrogen (secondary N) is 1. The highest BCUT2D eigenvalue weighted by Gasteiger charge is 2.21. The molecule has 2 rings (SSSR count). The topological polar surface area (TPSA) is 81.4 Å². The van der Waals surface area contributed by atoms with Gasteiger partial charge in [0.1, 0.15) is 10.6 Å². The molecule has 0 aliphatic rings. The van der Waals surface area contributed by atoms with E-state index in [-0.39, 0.29) is 4.90 Å². The first-order valence-electron chi connectivity index (χ1n) is 6.45. The lowest BCUT2D eigenvalue weighted by molar-refractivity contribution is 0.402. The Morgan fingerprint density at radius 2 is 1.86 bits per heavy atom. The van der Waals surface area contributed by atoms with Crippen LogP contribution in [0.3, 0.4) is 0 Å². The fraction of sp³-hybridized carbons (Fsp3) is 0.200. The molecule has 21 heavy (non-hydrogen) atoms. The Morgan fingerprint density at radius 1 is 1.14 bits per heavy atom. The van der Waals surface area contributed by atoms with Gasteiger partial charge in [-0.25, -0.2) is 13.1 Å². The summed E-state index contributed by atoms with van der Waals surface area (Å²) in [6, 6.07) is 13.2. The van der Waals surface area contributed by atoms with Crippen LogP contribution in [0.2, 0.25) is 0 Å². The maximum Gasteiger partial charge on any atom is 0.244 e. The molecule has 0 amide bonds. The minimum Gasteiger partial charge on any atom is -0.495 e. The van der Waals surface area contributed by atoms with Crippen molar-refractivity contribution in [2.24, 2.45) is 0 Å². The number of hydrogen-bond acceptors (Lipinski definition) is 4. The smallest absolute Gasteiger partial charge is 0.244 e. The van der Waals surface area contributed by atoms with E-state index in [1.54, 1.807) is 43.3 Å². The Labute approximate surface area is 124 Å². The van der Waals surface area contributed by atoms with Crippen molar-refractivity contribution in [2.45, 2.75) is 17.9 Å². The van der Waals surface area contributed by atoms with E-state index >= 15 is 0 Å². The molecule has 1 atom stereocenters. The number of methoxy groups -OCH3 is 1. The van der Waals surface area contributed by atoms with Crippen molar-refractivity contribution in [1.29, 1.82) is 0 Å². The molecule has 0 heterocycles. The van der Waals surface area contributed by atoms with Crippen LogP contribution in [0.15, 0.2) is 53.4 Å². The van der Waals surface area contributed by atoms with Crippen LogP contribution in [-0.2, 0) is 10.0 Å². The van der Waals surface area contributed by atoms with E-state index in [2.05, 4.69) is 4.72 Å². The average Bonchev–Trinajstić information content (AvgIpc) is 2.46. The van der Waals surface area contributed by atoms with Crippen LogP contribution in [0.1, 0.15) is 18.5 Å². The summed E-state index contributed by atoms with van der Waals surface area (Å²) in [6.45, 7) is 1.77. The molecule has 1 unspecified atom stereocenters. The second-order valence-corrected chi connectivity index (χ2v) is 6.35. The molecule has 0 saturated carbocycles. The molecule has 3 N–H and O–H groups in total. The van der Waals surface area contributed by atoms with Crippen LogP contribution >= 0.6 is 0 Å². The van der Waals surface area contributed by atoms with E-state index in [0.29, 0.717) is 11.4 Å². The molecule has 2 aromatic rings. The third-order valence-corrected chi connectivity index (χ3v) is 4.68. The molecule has 0 aliphatic carbocycles. The first-order chi connectivity index (χ1) is 9.94. The van der Waals surface area contributed by atoms with Crippen LogP contribution in [-0.4, -0.2) is 15.5 Å². The van der Waals surface area contributed by atoms with Gasteiger partial charge in [0.05, 0.1) is 7.11 Å². The minimum absolute atomic E-state index is 0.114. The molecular weight excluding hydrogens is 288 g/mol. The van der Waals surface area contributed by atoms with E-state index < -0.39 is 16.1 Å². The van der Waals surface area contributed by atoms with Gasteiger partial charge in [0.25, 0.3) is 0 Å². The first kappa shape index (κ1) is 15.3. The molecule has 0 aliphatic heterocycles. The monoisotopic (exact) mass is 306 g/mol. The highest BCUT2D eigenvalue weighted by Crippen LogP contribution is 2.25. The van der Waals surface area contributed by atoms with Gasteiger partial charge in [-0.1, -0.05) is 24.3 Å². The number of para-hydroxylation sites is 1. The second kappa shape index (κ2) is 6.15. The van der Waals surface area contributed by atoms with Gasteiger partial charge in [-0.15, -0.1) is 0 Å². The molecule has 0 saturated heterocycles. The minimum atomic E-state index is -3.68. The molecule has 0 radical (unpaired) electrons. The maximum absolute atomic E-state index is 12.5. The van der Waals surface area contributed by atoms with Crippen molar-refractivity contribution >= 4 is 15.7 Å². The SMILES string of the molecule is COc1ccccc1S(=O)(=O)NC(C)c1cccc(N)c1. The second-order valence-electron chi connectivity index (χ2n) is 4.66. The highest BCUT2D eigenvalue weighted by molar-refractivity contribution is 7.89. The van der Waals surface area contributed by atoms with E-state index in [0.717, 1.165) is 5.56 Å². The van der Waals surface area contributed by atoms with E-state index in [1.165, 1.54) is 13.2 Å². The van der Waals surface area contributed by atoms with Gasteiger partial charge >= 0.3 is 0 Å². The molecular formula is C15H18N2O3S. The number of anilines is 1. The summed E-state index contributed by atoms with van der Waals surface area (Å²) in [5.74, 6) is 0.310. The quantitative estimate of drug-likeness (QED) is 0.831. The van der Waals surface area contributed by atoms with Crippen molar-refractivity contribution in [3.63, 3.8) is 0 Å². The van der Waals surface area contributed by atoms with Gasteiger partial charge in [-0.3, -0.25) is 0 Å². The highest BCUT2D eigenvalue weighted by atomic mass is 32.2. The zero-order chi connectivity index (χ0) is 15.5. The maximum atomic E-state index is 12.5. The fourth-order valence-electron chi connectivity index (χ4n) is 2.03. The predicted octanol–water partition coefficient (Wildman–Crippen LogP) is 2.32. The number of nitrogen functional groups attached to an aromatic ring is 1. The van der Waals surface area contributed by atoms with Crippen molar-refractivity contribution in [1.82, 2.24) is 4.72 Å². The third kappa shape index (κ3) is 3.53. The van der Waals surface area contributed by atoms with Gasteiger partial charge in [0.2, 0.25) is 10.0 Å². The van der Waals surface area contributed by atoms with Gasteiger partial charge in [-0.05, 0) is 36.8 Å². The number of hydrogen-bond donors (Lipinski definition) is 2. The molecule has 0 aromatic heterocycles. The number of rotatable bonds is 5. The first-order valence-corrected chi connectivity index (χ1v) is 7.93. The number of benzene rings is 2. The summed E-state index contributed by atoms with van der Waals surface area (Å²) >= 11 is 0. The zero-order valence-corrected chi connectivity index (χ0v) is 12.7. The van der Waals surface area contributed by atoms with Crippen LogP contribution in [0, 0.1) is 0 Å². The van der Waals surface area contributed by atoms with Gasteiger partial charge in [-0.2, -0.15) is 0 Å². The summed E-state index contributed by atoms with van der Waals surface area (Å²) in [6.07, 6.45) is 0. The normalized spacial score (nSPS) is 12.9. The summed E-state index contributed by atoms with van der Waals surface area (Å²) in [7, 11) is -2.24. The molecule has 0 spiro atoms. The zero-order valence-electron chi connectivity index (χ0n) is 11.9. The van der Waals surface area contributed by atoms with Gasteiger partial charge in [0, 0.05) is 11.7 Å². The van der Waals surface area contributed by atoms with Gasteiger partial charge in [0.15, 0.2) is 0 Å². The third-order valence-electron chi connectivity index (χ3n) is 3.10. The summed E-state index contributed by atoms with van der Waals surface area (Å²) in [5, 5.41) is 0. The molecule has 6 heteroatoms. The van der Waals surface area contributed by atoms with Crippen molar-refractivity contribution in [3.05, 3.63) is 54.1 Å². The predicted molar refractivity (Wildman–Crippen MR) is 82.6 cm³/mol. The molecule has 2 aromatic carbocycles. The molecule has 112 valence electrons. The van der Waals surface area contributed by atoms with Gasteiger partial charge < -0.3 is 10.5 Å². The fourth-order valence-corrected chi connectivity index (χ4v) is 3.44. The lowest BCUT2D eigenvalue weighted by atomic mass is 10.1. The Kier molecular flexibility index (Phi) is 4.50. The van der Waals surface area contributed by atoms with E-state index in [1.807, 2.05) is 6.07 Å². The van der Waals surface area contributed by atoms with Crippen molar-refractivity contribution in [2.75, 3.05) is 12.8 Å². The molecule has 5 nitrogen and oxygen atoms in total. The summed E-state index contributed by atoms with van der Waals surface area (Å²) in [4.78, 5) is 0.114. The summed E-state index contributed by atoms with van der Waals surface area (Å²) in [5.41, 5.74) is 7.11. The lowest BCUT2D eigenvalue weighted by Gasteiger charge is -2.16. The largest absolute Gasteiger partial charge is 0.495 e. The standard InChI is InChI=1S/C15H18N2O3S/c1-11(12-6-5-7-13(16)10-12)17-21(18,19)15-9-4-3-8-14(15)20-2/h3-11,17H,16H2,1-2H3. The van der Waals surface area contributed by atoms with Crippen molar-refractivity contribution < 1.29 is 13.2 Å². The number of sulfonamides is 1. The lowest BCUT2D eigenvalue weighted by Crippen LogP contribution is -2.27. The van der Waals surface area contributed by atoms with Crippen molar-refractivity contribution in [3.8, 4) is 5.75 Å². The Bertz CT molecular complexity index is 729. The molecule has 0 fully saturated rings. The van der Waals surface area contributed by atoms with E-state index in [9.17, 15) is 8.42 Å². The average molecular weight is 306 g/mol.